The molecule has 0 radical (unpaired) electrons. The van der Waals surface area contributed by atoms with Crippen LogP contribution in [0.25, 0.3) is 99.0 Å². The Bertz CT molecular complexity index is 3640. The molecule has 0 bridgehead atoms. The summed E-state index contributed by atoms with van der Waals surface area (Å²) in [4.78, 5) is 5.05. The van der Waals surface area contributed by atoms with Crippen LogP contribution in [0, 0.1) is 6.92 Å². The minimum absolute atomic E-state index is 0.990. The van der Waals surface area contributed by atoms with Crippen LogP contribution in [0.2, 0.25) is 0 Å². The maximum atomic E-state index is 5.05. The number of benzene rings is 7. The Balaban J connectivity index is 0.000000144. The molecular formula is C57H44N4. The molecule has 4 heteroatoms. The van der Waals surface area contributed by atoms with Gasteiger partial charge >= 0.3 is 0 Å². The molecule has 0 fully saturated rings. The molecule has 1 aliphatic carbocycles. The lowest BCUT2D eigenvalue weighted by Crippen LogP contribution is -1.95. The molecule has 1 aliphatic rings. The summed E-state index contributed by atoms with van der Waals surface area (Å²) >= 11 is 0. The van der Waals surface area contributed by atoms with Gasteiger partial charge in [0.05, 0.1) is 33.3 Å². The summed E-state index contributed by atoms with van der Waals surface area (Å²) in [5.74, 6) is 0. The van der Waals surface area contributed by atoms with Crippen molar-refractivity contribution in [1.82, 2.24) is 18.5 Å². The Labute approximate surface area is 354 Å². The number of hydrogen-bond donors (Lipinski definition) is 0. The van der Waals surface area contributed by atoms with Crippen molar-refractivity contribution >= 4 is 82.2 Å². The van der Waals surface area contributed by atoms with Crippen LogP contribution in [0.15, 0.2) is 201 Å². The zero-order chi connectivity index (χ0) is 41.2. The highest BCUT2D eigenvalue weighted by molar-refractivity contribution is 6.14. The van der Waals surface area contributed by atoms with Crippen molar-refractivity contribution in [3.05, 3.63) is 212 Å². The predicted molar refractivity (Wildman–Crippen MR) is 261 cm³/mol. The molecule has 0 atom stereocenters. The summed E-state index contributed by atoms with van der Waals surface area (Å²) in [6.07, 6.45) is 8.84. The van der Waals surface area contributed by atoms with Gasteiger partial charge in [-0.3, -0.25) is 4.40 Å². The fraction of sp³-hybridized carbons (Fsp3) is 0.0702. The Kier molecular flexibility index (Phi) is 8.68. The maximum Gasteiger partial charge on any atom is 0.146 e. The van der Waals surface area contributed by atoms with Crippen LogP contribution in [0.4, 0.5) is 0 Å². The van der Waals surface area contributed by atoms with Crippen molar-refractivity contribution in [3.8, 4) is 16.8 Å². The smallest absolute Gasteiger partial charge is 0.146 e. The van der Waals surface area contributed by atoms with E-state index in [-0.39, 0.29) is 0 Å². The highest BCUT2D eigenvalue weighted by Crippen LogP contribution is 2.39. The third kappa shape index (κ3) is 5.86. The van der Waals surface area contributed by atoms with Gasteiger partial charge < -0.3 is 9.13 Å². The van der Waals surface area contributed by atoms with E-state index in [1.807, 2.05) is 0 Å². The maximum absolute atomic E-state index is 5.05. The van der Waals surface area contributed by atoms with E-state index < -0.39 is 0 Å². The van der Waals surface area contributed by atoms with Gasteiger partial charge in [0.1, 0.15) is 5.65 Å². The highest BCUT2D eigenvalue weighted by Gasteiger charge is 2.19. The molecule has 61 heavy (non-hydrogen) atoms. The van der Waals surface area contributed by atoms with E-state index in [1.54, 1.807) is 0 Å². The zero-order valence-corrected chi connectivity index (χ0v) is 34.4. The van der Waals surface area contributed by atoms with Crippen molar-refractivity contribution in [2.75, 3.05) is 0 Å². The van der Waals surface area contributed by atoms with Crippen LogP contribution in [0.1, 0.15) is 31.2 Å². The molecule has 12 rings (SSSR count). The average molecular weight is 785 g/mol. The zero-order valence-electron chi connectivity index (χ0n) is 34.4. The number of aryl methyl sites for hydroxylation is 1. The van der Waals surface area contributed by atoms with E-state index in [1.165, 1.54) is 87.7 Å². The molecule has 0 saturated carbocycles. The van der Waals surface area contributed by atoms with Gasteiger partial charge in [0.15, 0.2) is 0 Å². The van der Waals surface area contributed by atoms with Gasteiger partial charge in [-0.15, -0.1) is 0 Å². The lowest BCUT2D eigenvalue weighted by Gasteiger charge is -2.10. The first-order chi connectivity index (χ1) is 30.0. The van der Waals surface area contributed by atoms with E-state index >= 15 is 0 Å². The van der Waals surface area contributed by atoms with Gasteiger partial charge in [0.2, 0.25) is 0 Å². The number of fused-ring (bicyclic) bond motifs is 12. The van der Waals surface area contributed by atoms with Crippen LogP contribution in [-0.4, -0.2) is 18.5 Å². The van der Waals surface area contributed by atoms with Gasteiger partial charge in [-0.05, 0) is 103 Å². The van der Waals surface area contributed by atoms with Crippen LogP contribution in [-0.2, 0) is 0 Å². The summed E-state index contributed by atoms with van der Waals surface area (Å²) in [5.41, 5.74) is 16.0. The summed E-state index contributed by atoms with van der Waals surface area (Å²) in [6.45, 7) is 12.8. The summed E-state index contributed by atoms with van der Waals surface area (Å²) in [7, 11) is 0. The molecule has 11 aromatic rings. The monoisotopic (exact) mass is 784 g/mol. The molecule has 0 spiro atoms. The normalized spacial score (nSPS) is 12.8. The van der Waals surface area contributed by atoms with E-state index in [4.69, 9.17) is 4.98 Å². The lowest BCUT2D eigenvalue weighted by molar-refractivity contribution is 1.03. The predicted octanol–water partition coefficient (Wildman–Crippen LogP) is 15.3. The van der Waals surface area contributed by atoms with E-state index in [2.05, 4.69) is 223 Å². The second kappa shape index (κ2) is 14.5. The van der Waals surface area contributed by atoms with Gasteiger partial charge in [-0.2, -0.15) is 0 Å². The molecule has 7 aromatic carbocycles. The van der Waals surface area contributed by atoms with Crippen molar-refractivity contribution in [2.24, 2.45) is 0 Å². The Hall–Kier alpha value is -7.69. The number of rotatable bonds is 5. The number of imidazole rings is 1. The molecule has 0 unspecified atom stereocenters. The van der Waals surface area contributed by atoms with Crippen molar-refractivity contribution in [1.29, 1.82) is 0 Å². The topological polar surface area (TPSA) is 27.2 Å². The standard InChI is InChI=1S/C33H24N2.C24H20N2/c1-22(2)34-30-14-8-6-12-26(30)28-20-23(16-18-32(28)34)24-17-19-33-29(21-24)27-13-7-9-15-31(27)35(33)25-10-4-3-5-11-25;1-16(18-10-4-3-5-11-18)23-17(2)26-22-15-9-8-13-20(22)19-12-6-7-14-21(19)24(26)25-23/h3-21H,1H2,2H3;4,6-15H,1,3,5H2,2H3. The number of aromatic nitrogens is 4. The second-order valence-electron chi connectivity index (χ2n) is 16.1. The fourth-order valence-electron chi connectivity index (χ4n) is 9.62. The van der Waals surface area contributed by atoms with Gasteiger partial charge in [0.25, 0.3) is 0 Å². The summed E-state index contributed by atoms with van der Waals surface area (Å²) in [6, 6.07) is 58.6. The first kappa shape index (κ1) is 36.4. The van der Waals surface area contributed by atoms with Gasteiger partial charge in [-0.1, -0.05) is 141 Å². The SMILES string of the molecule is C=C(C)n1c2ccccc2c2cc(-c3ccc4c(c3)c3ccccc3n4-c3ccccc3)ccc21.C=C(C1=CCCC=C1)c1nc2c3ccccc3c3ccccc3n2c1C. The van der Waals surface area contributed by atoms with Crippen molar-refractivity contribution < 1.29 is 0 Å². The summed E-state index contributed by atoms with van der Waals surface area (Å²) in [5, 5.41) is 8.74. The van der Waals surface area contributed by atoms with Crippen LogP contribution < -0.4 is 0 Å². The largest absolute Gasteiger partial charge is 0.314 e. The number of nitrogens with zero attached hydrogens (tertiary/aromatic N) is 4. The van der Waals surface area contributed by atoms with Crippen LogP contribution >= 0.6 is 0 Å². The Morgan fingerprint density at radius 2 is 1.05 bits per heavy atom. The molecule has 0 N–H and O–H groups in total. The third-order valence-electron chi connectivity index (χ3n) is 12.4. The van der Waals surface area contributed by atoms with Crippen LogP contribution in [0.3, 0.4) is 0 Å². The second-order valence-corrected chi connectivity index (χ2v) is 16.1. The fourth-order valence-corrected chi connectivity index (χ4v) is 9.62. The molecule has 0 amide bonds. The minimum Gasteiger partial charge on any atom is -0.314 e. The molecule has 0 aliphatic heterocycles. The molecule has 0 saturated heterocycles. The van der Waals surface area contributed by atoms with Crippen molar-refractivity contribution in [3.63, 3.8) is 0 Å². The van der Waals surface area contributed by atoms with Gasteiger partial charge in [0, 0.05) is 55.0 Å². The van der Waals surface area contributed by atoms with E-state index in [9.17, 15) is 0 Å². The average Bonchev–Trinajstić information content (AvgIpc) is 3.96. The first-order valence-corrected chi connectivity index (χ1v) is 21.1. The van der Waals surface area contributed by atoms with E-state index in [0.29, 0.717) is 0 Å². The molecular weight excluding hydrogens is 741 g/mol. The Morgan fingerprint density at radius 3 is 1.72 bits per heavy atom. The number of hydrogen-bond acceptors (Lipinski definition) is 1. The molecule has 292 valence electrons. The molecule has 4 heterocycles. The number of pyridine rings is 1. The molecule has 4 aromatic heterocycles. The number of para-hydroxylation sites is 4. The van der Waals surface area contributed by atoms with Gasteiger partial charge in [-0.25, -0.2) is 4.98 Å². The number of allylic oxidation sites excluding steroid dienone is 6. The molecule has 4 nitrogen and oxygen atoms in total. The van der Waals surface area contributed by atoms with E-state index in [0.717, 1.165) is 41.1 Å². The Morgan fingerprint density at radius 1 is 0.525 bits per heavy atom. The first-order valence-electron chi connectivity index (χ1n) is 21.1. The lowest BCUT2D eigenvalue weighted by atomic mass is 9.98. The highest BCUT2D eigenvalue weighted by atomic mass is 15.0. The van der Waals surface area contributed by atoms with Crippen LogP contribution in [0.5, 0.6) is 0 Å². The minimum atomic E-state index is 0.990. The summed E-state index contributed by atoms with van der Waals surface area (Å²) < 4.78 is 6.90. The third-order valence-corrected chi connectivity index (χ3v) is 12.4. The quantitative estimate of drug-likeness (QED) is 0.160. The van der Waals surface area contributed by atoms with Crippen molar-refractivity contribution in [2.45, 2.75) is 26.7 Å².